The Morgan fingerprint density at radius 1 is 1.82 bits per heavy atom. The van der Waals surface area contributed by atoms with Gasteiger partial charge in [-0.25, -0.2) is 4.98 Å². The molecular formula is C12H15ClN2OS. The van der Waals surface area contributed by atoms with Gasteiger partial charge in [-0.1, -0.05) is 24.9 Å². The lowest BCUT2D eigenvalue weighted by atomic mass is 9.81. The monoisotopic (exact) mass is 270 g/mol. The van der Waals surface area contributed by atoms with Crippen LogP contribution < -0.4 is 0 Å². The van der Waals surface area contributed by atoms with Crippen molar-refractivity contribution in [3.8, 4) is 6.07 Å². The van der Waals surface area contributed by atoms with E-state index in [1.807, 2.05) is 0 Å². The van der Waals surface area contributed by atoms with E-state index in [4.69, 9.17) is 11.6 Å². The highest BCUT2D eigenvalue weighted by atomic mass is 35.5. The molecule has 3 nitrogen and oxygen atoms in total. The molecule has 0 aliphatic heterocycles. The van der Waals surface area contributed by atoms with Crippen LogP contribution in [0.1, 0.15) is 43.7 Å². The van der Waals surface area contributed by atoms with Crippen molar-refractivity contribution < 1.29 is 5.11 Å². The lowest BCUT2D eigenvalue weighted by Crippen LogP contribution is -2.24. The van der Waals surface area contributed by atoms with Crippen molar-refractivity contribution in [3.05, 3.63) is 15.5 Å². The third kappa shape index (κ3) is 2.33. The topological polar surface area (TPSA) is 56.9 Å². The van der Waals surface area contributed by atoms with Crippen molar-refractivity contribution in [2.24, 2.45) is 11.3 Å². The molecule has 92 valence electrons. The van der Waals surface area contributed by atoms with Crippen LogP contribution in [0, 0.1) is 22.7 Å². The fourth-order valence-corrected chi connectivity index (χ4v) is 3.60. The van der Waals surface area contributed by atoms with Crippen molar-refractivity contribution in [3.63, 3.8) is 0 Å². The second kappa shape index (κ2) is 4.93. The smallest absolute Gasteiger partial charge is 0.124 e. The van der Waals surface area contributed by atoms with Gasteiger partial charge in [0.2, 0.25) is 0 Å². The van der Waals surface area contributed by atoms with E-state index in [2.05, 4.69) is 18.0 Å². The first-order valence-electron chi connectivity index (χ1n) is 5.82. The van der Waals surface area contributed by atoms with Gasteiger partial charge >= 0.3 is 0 Å². The molecule has 0 spiro atoms. The van der Waals surface area contributed by atoms with E-state index < -0.39 is 11.5 Å². The van der Waals surface area contributed by atoms with Gasteiger partial charge in [-0.3, -0.25) is 0 Å². The highest BCUT2D eigenvalue weighted by Gasteiger charge is 2.46. The lowest BCUT2D eigenvalue weighted by Gasteiger charge is -2.25. The first-order chi connectivity index (χ1) is 8.11. The van der Waals surface area contributed by atoms with Crippen LogP contribution in [0.5, 0.6) is 0 Å². The predicted molar refractivity (Wildman–Crippen MR) is 67.8 cm³/mol. The van der Waals surface area contributed by atoms with Crippen LogP contribution in [0.15, 0.2) is 6.20 Å². The zero-order valence-electron chi connectivity index (χ0n) is 9.69. The van der Waals surface area contributed by atoms with Crippen LogP contribution in [0.3, 0.4) is 0 Å². The molecule has 2 rings (SSSR count). The summed E-state index contributed by atoms with van der Waals surface area (Å²) in [4.78, 5) is 4.09. The second-order valence-corrected chi connectivity index (χ2v) is 6.38. The van der Waals surface area contributed by atoms with Crippen LogP contribution >= 0.6 is 22.9 Å². The summed E-state index contributed by atoms with van der Waals surface area (Å²) < 4.78 is 0.553. The van der Waals surface area contributed by atoms with E-state index in [0.717, 1.165) is 25.7 Å². The summed E-state index contributed by atoms with van der Waals surface area (Å²) in [5, 5.41) is 20.3. The van der Waals surface area contributed by atoms with Gasteiger partial charge in [-0.2, -0.15) is 5.26 Å². The molecule has 1 saturated carbocycles. The highest BCUT2D eigenvalue weighted by Crippen LogP contribution is 2.51. The van der Waals surface area contributed by atoms with E-state index in [9.17, 15) is 10.4 Å². The third-order valence-electron chi connectivity index (χ3n) is 3.70. The molecule has 3 unspecified atom stereocenters. The quantitative estimate of drug-likeness (QED) is 0.914. The molecule has 0 aromatic carbocycles. The van der Waals surface area contributed by atoms with Gasteiger partial charge in [0.1, 0.15) is 15.4 Å². The Kier molecular flexibility index (Phi) is 3.72. The zero-order chi connectivity index (χ0) is 12.5. The Hall–Kier alpha value is -0.630. The summed E-state index contributed by atoms with van der Waals surface area (Å²) in [5.41, 5.74) is -0.665. The fraction of sp³-hybridized carbons (Fsp3) is 0.667. The number of nitriles is 1. The Balaban J connectivity index is 2.22. The molecule has 1 aliphatic rings. The van der Waals surface area contributed by atoms with E-state index in [0.29, 0.717) is 15.3 Å². The summed E-state index contributed by atoms with van der Waals surface area (Å²) in [6, 6.07) is 2.32. The minimum Gasteiger partial charge on any atom is -0.384 e. The zero-order valence-corrected chi connectivity index (χ0v) is 11.3. The van der Waals surface area contributed by atoms with Crippen molar-refractivity contribution in [2.45, 2.75) is 38.7 Å². The molecule has 1 aromatic rings. The molecule has 3 atom stereocenters. The number of halogens is 1. The number of hydrogen-bond acceptors (Lipinski definition) is 4. The van der Waals surface area contributed by atoms with Crippen LogP contribution in [0.4, 0.5) is 0 Å². The number of thiazole rings is 1. The van der Waals surface area contributed by atoms with E-state index in [1.165, 1.54) is 17.5 Å². The van der Waals surface area contributed by atoms with Gasteiger partial charge < -0.3 is 5.11 Å². The molecular weight excluding hydrogens is 256 g/mol. The molecule has 5 heteroatoms. The SMILES string of the molecule is CCC1CCC(C#N)(C(O)c2ncc(Cl)s2)C1. The van der Waals surface area contributed by atoms with Gasteiger partial charge in [-0.15, -0.1) is 11.3 Å². The number of aliphatic hydroxyl groups is 1. The van der Waals surface area contributed by atoms with Crippen LogP contribution in [-0.2, 0) is 0 Å². The van der Waals surface area contributed by atoms with Crippen LogP contribution in [0.2, 0.25) is 4.34 Å². The third-order valence-corrected chi connectivity index (χ3v) is 4.87. The van der Waals surface area contributed by atoms with E-state index in [1.54, 1.807) is 0 Å². The van der Waals surface area contributed by atoms with E-state index >= 15 is 0 Å². The maximum atomic E-state index is 10.4. The van der Waals surface area contributed by atoms with Crippen molar-refractivity contribution >= 4 is 22.9 Å². The number of aromatic nitrogens is 1. The summed E-state index contributed by atoms with van der Waals surface area (Å²) in [7, 11) is 0. The molecule has 0 bridgehead atoms. The van der Waals surface area contributed by atoms with Gasteiger partial charge in [0, 0.05) is 0 Å². The predicted octanol–water partition coefficient (Wildman–Crippen LogP) is 3.55. The molecule has 1 aromatic heterocycles. The highest BCUT2D eigenvalue weighted by molar-refractivity contribution is 7.15. The first-order valence-corrected chi connectivity index (χ1v) is 7.01. The number of aliphatic hydroxyl groups excluding tert-OH is 1. The van der Waals surface area contributed by atoms with Crippen LogP contribution in [0.25, 0.3) is 0 Å². The Bertz CT molecular complexity index is 442. The molecule has 1 aliphatic carbocycles. The summed E-state index contributed by atoms with van der Waals surface area (Å²) >= 11 is 7.08. The van der Waals surface area contributed by atoms with Gasteiger partial charge in [0.15, 0.2) is 0 Å². The Morgan fingerprint density at radius 2 is 2.59 bits per heavy atom. The van der Waals surface area contributed by atoms with Crippen molar-refractivity contribution in [1.82, 2.24) is 4.98 Å². The van der Waals surface area contributed by atoms with Crippen molar-refractivity contribution in [2.75, 3.05) is 0 Å². The van der Waals surface area contributed by atoms with Crippen molar-refractivity contribution in [1.29, 1.82) is 5.26 Å². The maximum absolute atomic E-state index is 10.4. The molecule has 1 heterocycles. The molecule has 17 heavy (non-hydrogen) atoms. The molecule has 1 fully saturated rings. The van der Waals surface area contributed by atoms with Gasteiger partial charge in [0.25, 0.3) is 0 Å². The van der Waals surface area contributed by atoms with Crippen LogP contribution in [-0.4, -0.2) is 10.1 Å². The Labute approximate surface area is 110 Å². The van der Waals surface area contributed by atoms with E-state index in [-0.39, 0.29) is 0 Å². The maximum Gasteiger partial charge on any atom is 0.124 e. The van der Waals surface area contributed by atoms with Gasteiger partial charge in [0.05, 0.1) is 17.7 Å². The Morgan fingerprint density at radius 3 is 3.06 bits per heavy atom. The largest absolute Gasteiger partial charge is 0.384 e. The standard InChI is InChI=1S/C12H15ClN2OS/c1-2-8-3-4-12(5-8,7-14)10(16)11-15-6-9(13)17-11/h6,8,10,16H,2-5H2,1H3. The first kappa shape index (κ1) is 12.8. The van der Waals surface area contributed by atoms with Gasteiger partial charge in [-0.05, 0) is 25.2 Å². The molecule has 1 N–H and O–H groups in total. The average Bonchev–Trinajstić information content (AvgIpc) is 2.95. The summed E-state index contributed by atoms with van der Waals surface area (Å²) in [6.07, 6.45) is 4.32. The molecule has 0 saturated heterocycles. The minimum absolute atomic E-state index is 0.541. The number of hydrogen-bond donors (Lipinski definition) is 1. The average molecular weight is 271 g/mol. The fourth-order valence-electron chi connectivity index (χ4n) is 2.57. The summed E-state index contributed by atoms with van der Waals surface area (Å²) in [5.74, 6) is 0.541. The minimum atomic E-state index is -0.804. The normalized spacial score (nSPS) is 30.1. The molecule has 0 radical (unpaired) electrons. The lowest BCUT2D eigenvalue weighted by molar-refractivity contribution is 0.0638. The number of rotatable bonds is 3. The second-order valence-electron chi connectivity index (χ2n) is 4.69. The number of nitrogens with zero attached hydrogens (tertiary/aromatic N) is 2. The summed E-state index contributed by atoms with van der Waals surface area (Å²) in [6.45, 7) is 2.13. The molecule has 0 amide bonds.